The summed E-state index contributed by atoms with van der Waals surface area (Å²) < 4.78 is 16.0. The molecule has 12 aromatic carbocycles. The molecular weight excluding hydrogens is 909 g/mol. The lowest BCUT2D eigenvalue weighted by Crippen LogP contribution is -2.11. The largest absolute Gasteiger partial charge is 0.454 e. The average molecular weight is 951 g/mol. The smallest absolute Gasteiger partial charge is 0.159 e. The van der Waals surface area contributed by atoms with E-state index in [1.165, 1.54) is 41.7 Å². The molecule has 0 N–H and O–H groups in total. The van der Waals surface area contributed by atoms with Crippen LogP contribution in [0.4, 0.5) is 34.1 Å². The molecule has 0 aliphatic rings. The van der Waals surface area contributed by atoms with Gasteiger partial charge in [-0.25, -0.2) is 0 Å². The summed E-state index contributed by atoms with van der Waals surface area (Å²) in [6, 6.07) is 91.7. The summed E-state index contributed by atoms with van der Waals surface area (Å²) in [5, 5.41) is 11.6. The average Bonchev–Trinajstić information content (AvgIpc) is 4.14. The second-order valence-corrected chi connectivity index (χ2v) is 19.9. The van der Waals surface area contributed by atoms with Crippen molar-refractivity contribution in [1.82, 2.24) is 0 Å². The highest BCUT2D eigenvalue weighted by molar-refractivity contribution is 7.26. The molecule has 3 heterocycles. The van der Waals surface area contributed by atoms with Crippen molar-refractivity contribution in [3.8, 4) is 22.3 Å². The molecule has 0 spiro atoms. The first-order valence-electron chi connectivity index (χ1n) is 24.7. The number of fused-ring (bicyclic) bond motifs is 11. The molecule has 73 heavy (non-hydrogen) atoms. The van der Waals surface area contributed by atoms with Crippen molar-refractivity contribution >= 4 is 131 Å². The van der Waals surface area contributed by atoms with Crippen molar-refractivity contribution in [2.24, 2.45) is 0 Å². The van der Waals surface area contributed by atoms with Gasteiger partial charge in [-0.3, -0.25) is 0 Å². The summed E-state index contributed by atoms with van der Waals surface area (Å²) >= 11 is 1.86. The van der Waals surface area contributed by atoms with Gasteiger partial charge in [0.1, 0.15) is 11.2 Å². The maximum absolute atomic E-state index is 6.75. The summed E-state index contributed by atoms with van der Waals surface area (Å²) in [5.74, 6) is 0. The second-order valence-electron chi connectivity index (χ2n) is 18.8. The highest BCUT2D eigenvalue weighted by Gasteiger charge is 2.25. The number of benzene rings is 12. The van der Waals surface area contributed by atoms with Gasteiger partial charge in [0.25, 0.3) is 0 Å². The van der Waals surface area contributed by atoms with Crippen LogP contribution in [0.15, 0.2) is 264 Å². The Balaban J connectivity index is 0.913. The molecular formula is C68H42N2O2S. The maximum atomic E-state index is 6.75. The molecule has 0 aliphatic carbocycles. The van der Waals surface area contributed by atoms with E-state index < -0.39 is 0 Å². The number of furan rings is 2. The summed E-state index contributed by atoms with van der Waals surface area (Å²) in [5.41, 5.74) is 14.2. The summed E-state index contributed by atoms with van der Waals surface area (Å²) in [7, 11) is 0. The fourth-order valence-corrected chi connectivity index (χ4v) is 12.4. The first-order valence-corrected chi connectivity index (χ1v) is 25.5. The molecule has 4 nitrogen and oxygen atoms in total. The number of hydrogen-bond donors (Lipinski definition) is 0. The Morgan fingerprint density at radius 3 is 1.15 bits per heavy atom. The Labute approximate surface area is 424 Å². The third-order valence-corrected chi connectivity index (χ3v) is 15.7. The first-order chi connectivity index (χ1) is 36.2. The fraction of sp³-hybridized carbons (Fsp3) is 0. The molecule has 0 unspecified atom stereocenters. The van der Waals surface area contributed by atoms with E-state index in [9.17, 15) is 0 Å². The van der Waals surface area contributed by atoms with Gasteiger partial charge < -0.3 is 18.6 Å². The molecule has 0 aliphatic heterocycles. The van der Waals surface area contributed by atoms with E-state index in [0.29, 0.717) is 0 Å². The molecule has 0 atom stereocenters. The first kappa shape index (κ1) is 41.4. The molecule has 0 saturated heterocycles. The SMILES string of the molecule is c1ccc(-c2ccccc2N(c2ccc3cc4sc5cc6ccc(N(c7ccccc7-c7ccccc7)c7cccc8c7oc7ccccc78)cc6cc5c4cc3c2)c2cccc3c2oc2ccccc23)cc1. The van der Waals surface area contributed by atoms with Crippen LogP contribution in [-0.2, 0) is 0 Å². The second kappa shape index (κ2) is 16.6. The molecule has 0 saturated carbocycles. The zero-order chi connectivity index (χ0) is 48.0. The standard InChI is InChI=1S/C68H42N2O2S/c1-3-17-43(18-4-1)51-21-7-11-27-59(51)69(61-29-15-25-55-53-23-9-13-31-63(53)71-67(55)61)49-35-33-45-41-65-57(39-47(45)37-49)58-40-48-38-50(36-34-46(48)42-66(58)73-65)70(60-28-12-8-22-52(60)44-19-5-2-6-20-44)62-30-16-26-56-54-24-10-14-32-64(54)72-68(56)62/h1-42H. The van der Waals surface area contributed by atoms with E-state index in [1.807, 2.05) is 23.5 Å². The van der Waals surface area contributed by atoms with Crippen LogP contribution < -0.4 is 9.80 Å². The Bertz CT molecular complexity index is 4350. The lowest BCUT2D eigenvalue weighted by atomic mass is 9.99. The lowest BCUT2D eigenvalue weighted by molar-refractivity contribution is 0.668. The quantitative estimate of drug-likeness (QED) is 0.152. The minimum Gasteiger partial charge on any atom is -0.454 e. The van der Waals surface area contributed by atoms with Crippen LogP contribution in [0.1, 0.15) is 0 Å². The molecule has 5 heteroatoms. The van der Waals surface area contributed by atoms with Gasteiger partial charge in [0.05, 0.1) is 22.7 Å². The monoisotopic (exact) mass is 950 g/mol. The molecule has 0 radical (unpaired) electrons. The number of para-hydroxylation sites is 6. The van der Waals surface area contributed by atoms with E-state index in [-0.39, 0.29) is 0 Å². The van der Waals surface area contributed by atoms with Crippen molar-refractivity contribution in [2.75, 3.05) is 9.80 Å². The molecule has 3 aromatic heterocycles. The molecule has 0 fully saturated rings. The van der Waals surface area contributed by atoms with Crippen LogP contribution in [0, 0.1) is 0 Å². The summed E-state index contributed by atoms with van der Waals surface area (Å²) in [6.07, 6.45) is 0. The van der Waals surface area contributed by atoms with Crippen LogP contribution in [0.2, 0.25) is 0 Å². The minimum atomic E-state index is 0.855. The zero-order valence-electron chi connectivity index (χ0n) is 39.4. The number of rotatable bonds is 8. The van der Waals surface area contributed by atoms with E-state index in [2.05, 4.69) is 252 Å². The van der Waals surface area contributed by atoms with Crippen molar-refractivity contribution in [2.45, 2.75) is 0 Å². The van der Waals surface area contributed by atoms with E-state index in [1.54, 1.807) is 0 Å². The van der Waals surface area contributed by atoms with Crippen molar-refractivity contribution in [3.63, 3.8) is 0 Å². The zero-order valence-corrected chi connectivity index (χ0v) is 40.2. The number of nitrogens with zero attached hydrogens (tertiary/aromatic N) is 2. The van der Waals surface area contributed by atoms with Gasteiger partial charge in [-0.2, -0.15) is 0 Å². The van der Waals surface area contributed by atoms with Crippen molar-refractivity contribution in [3.05, 3.63) is 255 Å². The van der Waals surface area contributed by atoms with Crippen molar-refractivity contribution < 1.29 is 8.83 Å². The van der Waals surface area contributed by atoms with Crippen LogP contribution in [0.25, 0.3) is 108 Å². The molecule has 0 amide bonds. The Kier molecular flexibility index (Phi) is 9.41. The van der Waals surface area contributed by atoms with E-state index in [4.69, 9.17) is 8.83 Å². The number of hydrogen-bond acceptors (Lipinski definition) is 5. The third kappa shape index (κ3) is 6.74. The van der Waals surface area contributed by atoms with Gasteiger partial charge in [0.2, 0.25) is 0 Å². The van der Waals surface area contributed by atoms with E-state index >= 15 is 0 Å². The van der Waals surface area contributed by atoms with Crippen LogP contribution in [-0.4, -0.2) is 0 Å². The van der Waals surface area contributed by atoms with Gasteiger partial charge in [-0.15, -0.1) is 11.3 Å². The van der Waals surface area contributed by atoms with Gasteiger partial charge >= 0.3 is 0 Å². The Hall–Kier alpha value is -9.42. The van der Waals surface area contributed by atoms with Crippen LogP contribution in [0.5, 0.6) is 0 Å². The molecule has 15 rings (SSSR count). The van der Waals surface area contributed by atoms with Gasteiger partial charge in [0.15, 0.2) is 11.2 Å². The lowest BCUT2D eigenvalue weighted by Gasteiger charge is -2.28. The normalized spacial score (nSPS) is 11.8. The van der Waals surface area contributed by atoms with Gasteiger partial charge in [0, 0.05) is 64.2 Å². The predicted molar refractivity (Wildman–Crippen MR) is 309 cm³/mol. The Morgan fingerprint density at radius 2 is 0.671 bits per heavy atom. The molecule has 15 aromatic rings. The van der Waals surface area contributed by atoms with Crippen LogP contribution in [0.3, 0.4) is 0 Å². The predicted octanol–water partition coefficient (Wildman–Crippen LogP) is 20.4. The highest BCUT2D eigenvalue weighted by Crippen LogP contribution is 2.49. The summed E-state index contributed by atoms with van der Waals surface area (Å²) in [4.78, 5) is 4.76. The highest BCUT2D eigenvalue weighted by atomic mass is 32.1. The van der Waals surface area contributed by atoms with Gasteiger partial charge in [-0.1, -0.05) is 170 Å². The topological polar surface area (TPSA) is 32.8 Å². The molecule has 0 bridgehead atoms. The van der Waals surface area contributed by atoms with E-state index in [0.717, 1.165) is 100 Å². The van der Waals surface area contributed by atoms with Crippen LogP contribution >= 0.6 is 11.3 Å². The minimum absolute atomic E-state index is 0.855. The summed E-state index contributed by atoms with van der Waals surface area (Å²) in [6.45, 7) is 0. The number of thiophene rings is 1. The van der Waals surface area contributed by atoms with Gasteiger partial charge in [-0.05, 0) is 118 Å². The Morgan fingerprint density at radius 1 is 0.274 bits per heavy atom. The maximum Gasteiger partial charge on any atom is 0.159 e. The number of anilines is 6. The fourth-order valence-electron chi connectivity index (χ4n) is 11.2. The van der Waals surface area contributed by atoms with Crippen molar-refractivity contribution in [1.29, 1.82) is 0 Å². The molecule has 342 valence electrons. The third-order valence-electron chi connectivity index (χ3n) is 14.6.